The number of benzene rings is 1. The van der Waals surface area contributed by atoms with E-state index in [1.807, 2.05) is 19.1 Å². The van der Waals surface area contributed by atoms with Crippen molar-refractivity contribution in [2.75, 3.05) is 11.4 Å². The van der Waals surface area contributed by atoms with Crippen LogP contribution in [0.15, 0.2) is 18.2 Å². The zero-order valence-electron chi connectivity index (χ0n) is 11.3. The van der Waals surface area contributed by atoms with E-state index in [1.54, 1.807) is 17.9 Å². The highest BCUT2D eigenvalue weighted by molar-refractivity contribution is 6.34. The van der Waals surface area contributed by atoms with Crippen molar-refractivity contribution in [1.82, 2.24) is 0 Å². The Labute approximate surface area is 118 Å². The minimum Gasteiger partial charge on any atom is -0.310 e. The summed E-state index contributed by atoms with van der Waals surface area (Å²) in [7, 11) is 0. The van der Waals surface area contributed by atoms with Gasteiger partial charge in [-0.15, -0.1) is 0 Å². The second kappa shape index (κ2) is 5.74. The van der Waals surface area contributed by atoms with Gasteiger partial charge in [0.2, 0.25) is 5.91 Å². The van der Waals surface area contributed by atoms with Crippen molar-refractivity contribution in [2.24, 2.45) is 5.92 Å². The molecule has 1 unspecified atom stereocenters. The minimum atomic E-state index is -0.490. The summed E-state index contributed by atoms with van der Waals surface area (Å²) < 4.78 is 0. The molecule has 0 aromatic heterocycles. The van der Waals surface area contributed by atoms with Crippen LogP contribution in [0.1, 0.15) is 31.7 Å². The van der Waals surface area contributed by atoms with Gasteiger partial charge < -0.3 is 4.90 Å². The molecule has 1 aliphatic heterocycles. The van der Waals surface area contributed by atoms with Gasteiger partial charge in [0.25, 0.3) is 0 Å². The van der Waals surface area contributed by atoms with Gasteiger partial charge in [0.1, 0.15) is 5.78 Å². The Kier molecular flexibility index (Phi) is 4.25. The van der Waals surface area contributed by atoms with Gasteiger partial charge in [-0.2, -0.15) is 0 Å². The molecule has 1 aliphatic rings. The Balaban J connectivity index is 2.31. The zero-order chi connectivity index (χ0) is 14.0. The molecule has 2 rings (SSSR count). The molecule has 1 saturated heterocycles. The van der Waals surface area contributed by atoms with Crippen LogP contribution in [0.2, 0.25) is 5.02 Å². The zero-order valence-corrected chi connectivity index (χ0v) is 12.0. The predicted molar refractivity (Wildman–Crippen MR) is 76.6 cm³/mol. The number of rotatable bonds is 3. The number of amides is 1. The van der Waals surface area contributed by atoms with E-state index in [4.69, 9.17) is 11.6 Å². The molecule has 4 heteroatoms. The molecule has 0 N–H and O–H groups in total. The first-order chi connectivity index (χ1) is 9.04. The molecule has 1 aromatic rings. The van der Waals surface area contributed by atoms with E-state index >= 15 is 0 Å². The molecule has 1 aromatic carbocycles. The third-order valence-corrected chi connectivity index (χ3v) is 3.89. The molecule has 1 heterocycles. The first-order valence-corrected chi connectivity index (χ1v) is 7.02. The maximum absolute atomic E-state index is 12.4. The molecular weight excluding hydrogens is 262 g/mol. The fourth-order valence-electron chi connectivity index (χ4n) is 2.49. The lowest BCUT2D eigenvalue weighted by atomic mass is 9.91. The lowest BCUT2D eigenvalue weighted by molar-refractivity contribution is -0.133. The van der Waals surface area contributed by atoms with Crippen LogP contribution in [0.25, 0.3) is 0 Å². The van der Waals surface area contributed by atoms with Crippen molar-refractivity contribution in [2.45, 2.75) is 33.1 Å². The first-order valence-electron chi connectivity index (χ1n) is 6.64. The van der Waals surface area contributed by atoms with Crippen LogP contribution < -0.4 is 4.90 Å². The van der Waals surface area contributed by atoms with Crippen LogP contribution in [-0.4, -0.2) is 18.2 Å². The van der Waals surface area contributed by atoms with Gasteiger partial charge in [0.15, 0.2) is 0 Å². The summed E-state index contributed by atoms with van der Waals surface area (Å²) in [4.78, 5) is 25.9. The molecule has 19 heavy (non-hydrogen) atoms. The molecule has 0 saturated carbocycles. The van der Waals surface area contributed by atoms with Gasteiger partial charge >= 0.3 is 0 Å². The predicted octanol–water partition coefficient (Wildman–Crippen LogP) is 3.37. The highest BCUT2D eigenvalue weighted by Crippen LogP contribution is 2.31. The molecule has 0 radical (unpaired) electrons. The quantitative estimate of drug-likeness (QED) is 0.796. The fourth-order valence-corrected chi connectivity index (χ4v) is 2.71. The van der Waals surface area contributed by atoms with Crippen LogP contribution in [-0.2, 0) is 9.59 Å². The third kappa shape index (κ3) is 2.81. The van der Waals surface area contributed by atoms with Gasteiger partial charge in [0, 0.05) is 13.0 Å². The van der Waals surface area contributed by atoms with E-state index in [-0.39, 0.29) is 11.7 Å². The number of ketones is 1. The fraction of sp³-hybridized carbons (Fsp3) is 0.467. The summed E-state index contributed by atoms with van der Waals surface area (Å²) in [6.07, 6.45) is 1.91. The smallest absolute Gasteiger partial charge is 0.237 e. The lowest BCUT2D eigenvalue weighted by Gasteiger charge is -2.32. The lowest BCUT2D eigenvalue weighted by Crippen LogP contribution is -2.44. The van der Waals surface area contributed by atoms with Gasteiger partial charge in [-0.1, -0.05) is 24.6 Å². The number of Topliss-reactive ketones (excluding diaryl/α,β-unsaturated/α-hetero) is 1. The normalized spacial score (nSPS) is 19.6. The average Bonchev–Trinajstić information content (AvgIpc) is 2.41. The van der Waals surface area contributed by atoms with Crippen LogP contribution in [0, 0.1) is 12.8 Å². The number of anilines is 1. The van der Waals surface area contributed by atoms with Crippen LogP contribution >= 0.6 is 11.6 Å². The van der Waals surface area contributed by atoms with E-state index in [9.17, 15) is 9.59 Å². The SMILES string of the molecule is CCC(=O)C1CCCN(c2cc(C)ccc2Cl)C1=O. The second-order valence-electron chi connectivity index (χ2n) is 4.96. The maximum atomic E-state index is 12.4. The van der Waals surface area contributed by atoms with Crippen molar-refractivity contribution in [1.29, 1.82) is 0 Å². The summed E-state index contributed by atoms with van der Waals surface area (Å²) in [5.41, 5.74) is 1.77. The number of hydrogen-bond donors (Lipinski definition) is 0. The minimum absolute atomic E-state index is 0.0264. The third-order valence-electron chi connectivity index (χ3n) is 3.57. The number of carbonyl (C=O) groups excluding carboxylic acids is 2. The topological polar surface area (TPSA) is 37.4 Å². The van der Waals surface area contributed by atoms with E-state index in [0.29, 0.717) is 24.4 Å². The van der Waals surface area contributed by atoms with E-state index < -0.39 is 5.92 Å². The molecule has 0 bridgehead atoms. The summed E-state index contributed by atoms with van der Waals surface area (Å²) in [5.74, 6) is -0.570. The Bertz CT molecular complexity index is 513. The highest BCUT2D eigenvalue weighted by Gasteiger charge is 2.34. The molecule has 1 atom stereocenters. The van der Waals surface area contributed by atoms with E-state index in [1.165, 1.54) is 0 Å². The molecule has 1 fully saturated rings. The van der Waals surface area contributed by atoms with Gasteiger partial charge in [-0.25, -0.2) is 0 Å². The van der Waals surface area contributed by atoms with Gasteiger partial charge in [-0.05, 0) is 37.5 Å². The van der Waals surface area contributed by atoms with Crippen LogP contribution in [0.4, 0.5) is 5.69 Å². The number of hydrogen-bond acceptors (Lipinski definition) is 2. The number of halogens is 1. The van der Waals surface area contributed by atoms with Gasteiger partial charge in [0.05, 0.1) is 16.6 Å². The van der Waals surface area contributed by atoms with Crippen LogP contribution in [0.5, 0.6) is 0 Å². The molecule has 0 spiro atoms. The highest BCUT2D eigenvalue weighted by atomic mass is 35.5. The van der Waals surface area contributed by atoms with Gasteiger partial charge in [-0.3, -0.25) is 9.59 Å². The average molecular weight is 280 g/mol. The van der Waals surface area contributed by atoms with Crippen molar-refractivity contribution in [3.8, 4) is 0 Å². The summed E-state index contributed by atoms with van der Waals surface area (Å²) in [6, 6.07) is 5.61. The Morgan fingerprint density at radius 1 is 1.47 bits per heavy atom. The van der Waals surface area contributed by atoms with Crippen LogP contribution in [0.3, 0.4) is 0 Å². The largest absolute Gasteiger partial charge is 0.310 e. The van der Waals surface area contributed by atoms with E-state index in [2.05, 4.69) is 0 Å². The molecular formula is C15H18ClNO2. The van der Waals surface area contributed by atoms with Crippen molar-refractivity contribution >= 4 is 29.0 Å². The molecule has 1 amide bonds. The second-order valence-corrected chi connectivity index (χ2v) is 5.37. The standard InChI is InChI=1S/C15H18ClNO2/c1-3-14(18)11-5-4-8-17(15(11)19)13-9-10(2)6-7-12(13)16/h6-7,9,11H,3-5,8H2,1-2H3. The molecule has 0 aliphatic carbocycles. The Morgan fingerprint density at radius 3 is 2.89 bits per heavy atom. The Hall–Kier alpha value is -1.35. The molecule has 3 nitrogen and oxygen atoms in total. The number of nitrogens with zero attached hydrogens (tertiary/aromatic N) is 1. The van der Waals surface area contributed by atoms with Crippen molar-refractivity contribution in [3.05, 3.63) is 28.8 Å². The summed E-state index contributed by atoms with van der Waals surface area (Å²) in [5, 5.41) is 0.559. The van der Waals surface area contributed by atoms with Crippen molar-refractivity contribution in [3.63, 3.8) is 0 Å². The number of carbonyl (C=O) groups is 2. The maximum Gasteiger partial charge on any atom is 0.237 e. The number of aryl methyl sites for hydroxylation is 1. The Morgan fingerprint density at radius 2 is 2.21 bits per heavy atom. The van der Waals surface area contributed by atoms with Crippen molar-refractivity contribution < 1.29 is 9.59 Å². The number of piperidine rings is 1. The monoisotopic (exact) mass is 279 g/mol. The first kappa shape index (κ1) is 14.1. The summed E-state index contributed by atoms with van der Waals surface area (Å²) >= 11 is 6.18. The van der Waals surface area contributed by atoms with E-state index in [0.717, 1.165) is 17.7 Å². The molecule has 102 valence electrons. The summed E-state index contributed by atoms with van der Waals surface area (Å²) in [6.45, 7) is 4.40.